The molecular weight excluding hydrogens is 208 g/mol. The first-order valence-corrected chi connectivity index (χ1v) is 7.41. The average Bonchev–Trinajstić information content (AvgIpc) is 2.27. The molecule has 0 saturated carbocycles. The molecule has 102 valence electrons. The SMILES string of the molecule is CCCCCCCCCC(C)OCC=C(C)C. The molecule has 0 heterocycles. The van der Waals surface area contributed by atoms with Gasteiger partial charge in [-0.3, -0.25) is 0 Å². The van der Waals surface area contributed by atoms with Crippen LogP contribution in [0.5, 0.6) is 0 Å². The lowest BCUT2D eigenvalue weighted by atomic mass is 10.1. The summed E-state index contributed by atoms with van der Waals surface area (Å²) in [5, 5.41) is 0. The zero-order valence-electron chi connectivity index (χ0n) is 12.4. The smallest absolute Gasteiger partial charge is 0.0653 e. The zero-order valence-corrected chi connectivity index (χ0v) is 12.4. The molecule has 1 unspecified atom stereocenters. The van der Waals surface area contributed by atoms with Crippen LogP contribution in [0.4, 0.5) is 0 Å². The van der Waals surface area contributed by atoms with Crippen LogP contribution >= 0.6 is 0 Å². The highest BCUT2D eigenvalue weighted by Crippen LogP contribution is 2.11. The highest BCUT2D eigenvalue weighted by Gasteiger charge is 2.00. The van der Waals surface area contributed by atoms with Crippen molar-refractivity contribution in [1.82, 2.24) is 0 Å². The Balaban J connectivity index is 3.21. The van der Waals surface area contributed by atoms with Crippen LogP contribution in [0.15, 0.2) is 11.6 Å². The number of rotatable bonds is 11. The molecule has 0 rings (SSSR count). The molecule has 0 radical (unpaired) electrons. The third-order valence-corrected chi connectivity index (χ3v) is 3.09. The number of unbranched alkanes of at least 4 members (excludes halogenated alkanes) is 6. The molecule has 0 aliphatic heterocycles. The van der Waals surface area contributed by atoms with Gasteiger partial charge in [0.05, 0.1) is 12.7 Å². The fraction of sp³-hybridized carbons (Fsp3) is 0.875. The van der Waals surface area contributed by atoms with Crippen molar-refractivity contribution in [2.75, 3.05) is 6.61 Å². The second-order valence-corrected chi connectivity index (χ2v) is 5.34. The molecule has 0 aliphatic carbocycles. The molecule has 0 spiro atoms. The van der Waals surface area contributed by atoms with Crippen LogP contribution in [0.2, 0.25) is 0 Å². The van der Waals surface area contributed by atoms with Crippen molar-refractivity contribution in [3.05, 3.63) is 11.6 Å². The molecule has 0 N–H and O–H groups in total. The average molecular weight is 240 g/mol. The summed E-state index contributed by atoms with van der Waals surface area (Å²) in [7, 11) is 0. The van der Waals surface area contributed by atoms with E-state index in [1.807, 2.05) is 0 Å². The lowest BCUT2D eigenvalue weighted by Gasteiger charge is -2.11. The fourth-order valence-corrected chi connectivity index (χ4v) is 1.85. The zero-order chi connectivity index (χ0) is 12.9. The standard InChI is InChI=1S/C16H32O/c1-5-6-7-8-9-10-11-12-16(4)17-14-13-15(2)3/h13,16H,5-12,14H2,1-4H3. The van der Waals surface area contributed by atoms with Crippen LogP contribution in [0.25, 0.3) is 0 Å². The number of hydrogen-bond donors (Lipinski definition) is 0. The van der Waals surface area contributed by atoms with Gasteiger partial charge in [0, 0.05) is 0 Å². The van der Waals surface area contributed by atoms with E-state index in [4.69, 9.17) is 4.74 Å². The highest BCUT2D eigenvalue weighted by molar-refractivity contribution is 4.92. The topological polar surface area (TPSA) is 9.23 Å². The van der Waals surface area contributed by atoms with E-state index >= 15 is 0 Å². The molecule has 1 atom stereocenters. The van der Waals surface area contributed by atoms with Crippen molar-refractivity contribution in [1.29, 1.82) is 0 Å². The highest BCUT2D eigenvalue weighted by atomic mass is 16.5. The van der Waals surface area contributed by atoms with E-state index < -0.39 is 0 Å². The van der Waals surface area contributed by atoms with Crippen LogP contribution in [0, 0.1) is 0 Å². The van der Waals surface area contributed by atoms with Gasteiger partial charge in [-0.05, 0) is 27.2 Å². The van der Waals surface area contributed by atoms with E-state index in [9.17, 15) is 0 Å². The molecule has 0 aromatic rings. The lowest BCUT2D eigenvalue weighted by Crippen LogP contribution is -2.08. The quantitative estimate of drug-likeness (QED) is 0.342. The summed E-state index contributed by atoms with van der Waals surface area (Å²) >= 11 is 0. The maximum absolute atomic E-state index is 5.72. The minimum absolute atomic E-state index is 0.418. The van der Waals surface area contributed by atoms with Crippen LogP contribution in [-0.2, 0) is 4.74 Å². The predicted molar refractivity (Wildman–Crippen MR) is 77.5 cm³/mol. The molecule has 0 fully saturated rings. The van der Waals surface area contributed by atoms with Gasteiger partial charge in [0.1, 0.15) is 0 Å². The number of hydrogen-bond acceptors (Lipinski definition) is 1. The molecule has 0 aliphatic rings. The number of allylic oxidation sites excluding steroid dienone is 1. The van der Waals surface area contributed by atoms with E-state index in [1.165, 1.54) is 56.9 Å². The van der Waals surface area contributed by atoms with E-state index in [0.29, 0.717) is 6.10 Å². The summed E-state index contributed by atoms with van der Waals surface area (Å²) in [6.45, 7) is 9.47. The molecule has 17 heavy (non-hydrogen) atoms. The van der Waals surface area contributed by atoms with Gasteiger partial charge in [-0.1, -0.05) is 63.5 Å². The Hall–Kier alpha value is -0.300. The molecule has 1 nitrogen and oxygen atoms in total. The molecule has 0 amide bonds. The third kappa shape index (κ3) is 13.6. The minimum atomic E-state index is 0.418. The van der Waals surface area contributed by atoms with Crippen molar-refractivity contribution < 1.29 is 4.74 Å². The van der Waals surface area contributed by atoms with Crippen LogP contribution < -0.4 is 0 Å². The normalized spacial score (nSPS) is 12.5. The van der Waals surface area contributed by atoms with Gasteiger partial charge < -0.3 is 4.74 Å². The van der Waals surface area contributed by atoms with E-state index in [-0.39, 0.29) is 0 Å². The fourth-order valence-electron chi connectivity index (χ4n) is 1.85. The third-order valence-electron chi connectivity index (χ3n) is 3.09. The van der Waals surface area contributed by atoms with Gasteiger partial charge >= 0.3 is 0 Å². The summed E-state index contributed by atoms with van der Waals surface area (Å²) in [6.07, 6.45) is 13.5. The van der Waals surface area contributed by atoms with Gasteiger partial charge in [0.2, 0.25) is 0 Å². The van der Waals surface area contributed by atoms with Crippen molar-refractivity contribution in [2.45, 2.75) is 85.2 Å². The van der Waals surface area contributed by atoms with Gasteiger partial charge in [-0.2, -0.15) is 0 Å². The first kappa shape index (κ1) is 16.7. The monoisotopic (exact) mass is 240 g/mol. The summed E-state index contributed by atoms with van der Waals surface area (Å²) < 4.78 is 5.72. The Kier molecular flexibility index (Phi) is 12.0. The molecule has 0 bridgehead atoms. The Morgan fingerprint density at radius 3 is 2.18 bits per heavy atom. The van der Waals surface area contributed by atoms with Crippen molar-refractivity contribution in [3.63, 3.8) is 0 Å². The first-order chi connectivity index (χ1) is 8.16. The Morgan fingerprint density at radius 1 is 1.00 bits per heavy atom. The lowest BCUT2D eigenvalue weighted by molar-refractivity contribution is 0.0794. The Labute approximate surface area is 109 Å². The molecule has 1 heteroatoms. The van der Waals surface area contributed by atoms with Crippen molar-refractivity contribution in [2.24, 2.45) is 0 Å². The van der Waals surface area contributed by atoms with Gasteiger partial charge in [-0.25, -0.2) is 0 Å². The summed E-state index contributed by atoms with van der Waals surface area (Å²) in [6, 6.07) is 0. The summed E-state index contributed by atoms with van der Waals surface area (Å²) in [4.78, 5) is 0. The second-order valence-electron chi connectivity index (χ2n) is 5.34. The predicted octanol–water partition coefficient (Wildman–Crippen LogP) is 5.50. The summed E-state index contributed by atoms with van der Waals surface area (Å²) in [5.74, 6) is 0. The van der Waals surface area contributed by atoms with Crippen molar-refractivity contribution >= 4 is 0 Å². The number of ether oxygens (including phenoxy) is 1. The second kappa shape index (κ2) is 12.2. The van der Waals surface area contributed by atoms with Crippen LogP contribution in [-0.4, -0.2) is 12.7 Å². The van der Waals surface area contributed by atoms with Crippen LogP contribution in [0.3, 0.4) is 0 Å². The molecule has 0 aromatic carbocycles. The first-order valence-electron chi connectivity index (χ1n) is 7.41. The molecular formula is C16H32O. The van der Waals surface area contributed by atoms with Crippen molar-refractivity contribution in [3.8, 4) is 0 Å². The molecule has 0 aromatic heterocycles. The van der Waals surface area contributed by atoms with Gasteiger partial charge in [0.15, 0.2) is 0 Å². The Morgan fingerprint density at radius 2 is 1.59 bits per heavy atom. The maximum atomic E-state index is 5.72. The largest absolute Gasteiger partial charge is 0.374 e. The van der Waals surface area contributed by atoms with E-state index in [0.717, 1.165) is 6.61 Å². The maximum Gasteiger partial charge on any atom is 0.0653 e. The van der Waals surface area contributed by atoms with Crippen LogP contribution in [0.1, 0.15) is 79.1 Å². The van der Waals surface area contributed by atoms with Gasteiger partial charge in [-0.15, -0.1) is 0 Å². The van der Waals surface area contributed by atoms with E-state index in [2.05, 4.69) is 33.8 Å². The Bertz CT molecular complexity index is 180. The van der Waals surface area contributed by atoms with E-state index in [1.54, 1.807) is 0 Å². The minimum Gasteiger partial charge on any atom is -0.374 e. The molecule has 0 saturated heterocycles. The summed E-state index contributed by atoms with van der Waals surface area (Å²) in [5.41, 5.74) is 1.34. The van der Waals surface area contributed by atoms with Gasteiger partial charge in [0.25, 0.3) is 0 Å².